The molecule has 2 fully saturated rings. The van der Waals surface area contributed by atoms with E-state index in [4.69, 9.17) is 11.6 Å². The SMILES string of the molecule is Cn1cc([C@@H]2CCCN2C(=O)[C@@H]2C[C@H]2c2cccc(Cl)c2)cn1. The van der Waals surface area contributed by atoms with Gasteiger partial charge in [0.05, 0.1) is 12.2 Å². The van der Waals surface area contributed by atoms with Crippen LogP contribution in [0.5, 0.6) is 0 Å². The first-order valence-electron chi connectivity index (χ1n) is 8.18. The van der Waals surface area contributed by atoms with Crippen LogP contribution in [0, 0.1) is 5.92 Å². The van der Waals surface area contributed by atoms with Crippen molar-refractivity contribution in [1.29, 1.82) is 0 Å². The molecule has 0 spiro atoms. The van der Waals surface area contributed by atoms with Gasteiger partial charge in [0.1, 0.15) is 0 Å². The Morgan fingerprint density at radius 2 is 2.22 bits per heavy atom. The first-order valence-corrected chi connectivity index (χ1v) is 8.56. The minimum Gasteiger partial charge on any atom is -0.335 e. The Bertz CT molecular complexity index is 741. The molecule has 0 N–H and O–H groups in total. The Morgan fingerprint density at radius 3 is 2.96 bits per heavy atom. The molecule has 2 aliphatic rings. The van der Waals surface area contributed by atoms with Crippen LogP contribution in [0.25, 0.3) is 0 Å². The fourth-order valence-corrected chi connectivity index (χ4v) is 3.97. The molecule has 1 aromatic carbocycles. The molecule has 23 heavy (non-hydrogen) atoms. The number of benzene rings is 1. The van der Waals surface area contributed by atoms with E-state index in [0.717, 1.165) is 36.4 Å². The van der Waals surface area contributed by atoms with Crippen molar-refractivity contribution in [3.63, 3.8) is 0 Å². The predicted octanol–water partition coefficient (Wildman–Crippen LogP) is 3.54. The van der Waals surface area contributed by atoms with Gasteiger partial charge < -0.3 is 4.90 Å². The summed E-state index contributed by atoms with van der Waals surface area (Å²) in [4.78, 5) is 15.0. The Balaban J connectivity index is 1.49. The molecular weight excluding hydrogens is 310 g/mol. The molecule has 1 amide bonds. The fraction of sp³-hybridized carbons (Fsp3) is 0.444. The lowest BCUT2D eigenvalue weighted by molar-refractivity contribution is -0.133. The zero-order valence-corrected chi connectivity index (χ0v) is 13.9. The highest BCUT2D eigenvalue weighted by Crippen LogP contribution is 2.50. The zero-order valence-electron chi connectivity index (χ0n) is 13.2. The molecule has 1 aromatic heterocycles. The minimum atomic E-state index is 0.116. The monoisotopic (exact) mass is 329 g/mol. The lowest BCUT2D eigenvalue weighted by Crippen LogP contribution is -2.32. The number of likely N-dealkylation sites (tertiary alicyclic amines) is 1. The standard InChI is InChI=1S/C18H20ClN3O/c1-21-11-13(10-20-21)17-6-3-7-22(17)18(23)16-9-15(16)12-4-2-5-14(19)8-12/h2,4-5,8,10-11,15-17H,3,6-7,9H2,1H3/t15-,16+,17-/m0/s1. The van der Waals surface area contributed by atoms with Crippen LogP contribution in [0.1, 0.15) is 42.3 Å². The Kier molecular flexibility index (Phi) is 3.64. The Labute approximate surface area is 141 Å². The third-order valence-corrected chi connectivity index (χ3v) is 5.27. The highest BCUT2D eigenvalue weighted by molar-refractivity contribution is 6.30. The summed E-state index contributed by atoms with van der Waals surface area (Å²) in [6.07, 6.45) is 6.95. The maximum absolute atomic E-state index is 12.9. The summed E-state index contributed by atoms with van der Waals surface area (Å²) in [6, 6.07) is 8.10. The van der Waals surface area contributed by atoms with Gasteiger partial charge in [0.25, 0.3) is 0 Å². The number of nitrogens with zero attached hydrogens (tertiary/aromatic N) is 3. The van der Waals surface area contributed by atoms with Crippen molar-refractivity contribution in [3.8, 4) is 0 Å². The number of aryl methyl sites for hydroxylation is 1. The lowest BCUT2D eigenvalue weighted by Gasteiger charge is -2.24. The molecule has 0 radical (unpaired) electrons. The number of rotatable bonds is 3. The molecule has 0 unspecified atom stereocenters. The van der Waals surface area contributed by atoms with Crippen molar-refractivity contribution < 1.29 is 4.79 Å². The van der Waals surface area contributed by atoms with E-state index in [-0.39, 0.29) is 12.0 Å². The molecule has 5 heteroatoms. The minimum absolute atomic E-state index is 0.116. The molecule has 1 aliphatic heterocycles. The van der Waals surface area contributed by atoms with Gasteiger partial charge in [0, 0.05) is 36.3 Å². The highest BCUT2D eigenvalue weighted by Gasteiger charge is 2.47. The van der Waals surface area contributed by atoms with Gasteiger partial charge in [0.2, 0.25) is 5.91 Å². The molecule has 0 bridgehead atoms. The normalized spacial score (nSPS) is 26.5. The second-order valence-corrected chi connectivity index (χ2v) is 7.08. The van der Waals surface area contributed by atoms with Crippen molar-refractivity contribution in [3.05, 3.63) is 52.8 Å². The quantitative estimate of drug-likeness (QED) is 0.863. The number of carbonyl (C=O) groups excluding carboxylic acids is 1. The van der Waals surface area contributed by atoms with Gasteiger partial charge in [-0.2, -0.15) is 5.10 Å². The molecule has 2 aromatic rings. The van der Waals surface area contributed by atoms with Gasteiger partial charge >= 0.3 is 0 Å². The third-order valence-electron chi connectivity index (χ3n) is 5.03. The van der Waals surface area contributed by atoms with Crippen molar-refractivity contribution in [1.82, 2.24) is 14.7 Å². The van der Waals surface area contributed by atoms with Crippen molar-refractivity contribution in [2.75, 3.05) is 6.54 Å². The second-order valence-electron chi connectivity index (χ2n) is 6.64. The molecular formula is C18H20ClN3O. The predicted molar refractivity (Wildman–Crippen MR) is 89.2 cm³/mol. The summed E-state index contributed by atoms with van der Waals surface area (Å²) >= 11 is 6.07. The van der Waals surface area contributed by atoms with Gasteiger partial charge in [0.15, 0.2) is 0 Å². The van der Waals surface area contributed by atoms with Crippen LogP contribution in [-0.4, -0.2) is 27.1 Å². The number of halogens is 1. The van der Waals surface area contributed by atoms with E-state index in [1.165, 1.54) is 5.56 Å². The highest BCUT2D eigenvalue weighted by atomic mass is 35.5. The summed E-state index contributed by atoms with van der Waals surface area (Å²) in [5.74, 6) is 0.739. The Hall–Kier alpha value is -1.81. The van der Waals surface area contributed by atoms with Crippen LogP contribution in [-0.2, 0) is 11.8 Å². The van der Waals surface area contributed by atoms with Crippen LogP contribution < -0.4 is 0 Å². The molecule has 4 rings (SSSR count). The Morgan fingerprint density at radius 1 is 1.35 bits per heavy atom. The van der Waals surface area contributed by atoms with Crippen LogP contribution in [0.3, 0.4) is 0 Å². The van der Waals surface area contributed by atoms with Crippen LogP contribution in [0.15, 0.2) is 36.7 Å². The van der Waals surface area contributed by atoms with Gasteiger partial charge in [-0.3, -0.25) is 9.48 Å². The van der Waals surface area contributed by atoms with Crippen LogP contribution >= 0.6 is 11.6 Å². The molecule has 2 heterocycles. The van der Waals surface area contributed by atoms with Crippen molar-refractivity contribution >= 4 is 17.5 Å². The fourth-order valence-electron chi connectivity index (χ4n) is 3.78. The van der Waals surface area contributed by atoms with E-state index in [0.29, 0.717) is 11.8 Å². The van der Waals surface area contributed by atoms with E-state index in [2.05, 4.69) is 16.1 Å². The summed E-state index contributed by atoms with van der Waals surface area (Å²) in [6.45, 7) is 0.858. The van der Waals surface area contributed by atoms with Gasteiger partial charge in [-0.05, 0) is 42.9 Å². The average Bonchev–Trinajstić information content (AvgIpc) is 2.97. The maximum atomic E-state index is 12.9. The summed E-state index contributed by atoms with van der Waals surface area (Å²) in [5.41, 5.74) is 2.34. The maximum Gasteiger partial charge on any atom is 0.226 e. The lowest BCUT2D eigenvalue weighted by atomic mass is 10.1. The van der Waals surface area contributed by atoms with E-state index in [1.807, 2.05) is 42.3 Å². The molecule has 4 nitrogen and oxygen atoms in total. The van der Waals surface area contributed by atoms with E-state index in [9.17, 15) is 4.79 Å². The number of amides is 1. The zero-order chi connectivity index (χ0) is 16.0. The molecule has 120 valence electrons. The van der Waals surface area contributed by atoms with E-state index in [1.54, 1.807) is 0 Å². The van der Waals surface area contributed by atoms with Gasteiger partial charge in [-0.1, -0.05) is 23.7 Å². The second kappa shape index (κ2) is 5.68. The molecule has 1 saturated carbocycles. The third kappa shape index (κ3) is 2.76. The number of hydrogen-bond donors (Lipinski definition) is 0. The molecule has 1 aliphatic carbocycles. The number of hydrogen-bond acceptors (Lipinski definition) is 2. The van der Waals surface area contributed by atoms with Gasteiger partial charge in [-0.15, -0.1) is 0 Å². The molecule has 3 atom stereocenters. The summed E-state index contributed by atoms with van der Waals surface area (Å²) in [7, 11) is 1.92. The summed E-state index contributed by atoms with van der Waals surface area (Å²) < 4.78 is 1.81. The first kappa shape index (κ1) is 14.8. The van der Waals surface area contributed by atoms with E-state index >= 15 is 0 Å². The topological polar surface area (TPSA) is 38.1 Å². The number of carbonyl (C=O) groups is 1. The van der Waals surface area contributed by atoms with E-state index < -0.39 is 0 Å². The van der Waals surface area contributed by atoms with Crippen LogP contribution in [0.2, 0.25) is 5.02 Å². The summed E-state index contributed by atoms with van der Waals surface area (Å²) in [5, 5.41) is 5.00. The first-order chi connectivity index (χ1) is 11.1. The van der Waals surface area contributed by atoms with Crippen LogP contribution in [0.4, 0.5) is 0 Å². The molecule has 1 saturated heterocycles. The van der Waals surface area contributed by atoms with Gasteiger partial charge in [-0.25, -0.2) is 0 Å². The average molecular weight is 330 g/mol. The van der Waals surface area contributed by atoms with Crippen molar-refractivity contribution in [2.45, 2.75) is 31.2 Å². The van der Waals surface area contributed by atoms with Crippen molar-refractivity contribution in [2.24, 2.45) is 13.0 Å². The number of aromatic nitrogens is 2. The largest absolute Gasteiger partial charge is 0.335 e. The smallest absolute Gasteiger partial charge is 0.226 e.